The van der Waals surface area contributed by atoms with Crippen molar-refractivity contribution in [1.82, 2.24) is 0 Å². The second-order valence-corrected chi connectivity index (χ2v) is 5.29. The predicted molar refractivity (Wildman–Crippen MR) is 77.4 cm³/mol. The van der Waals surface area contributed by atoms with Crippen LogP contribution in [0.15, 0.2) is 18.2 Å². The van der Waals surface area contributed by atoms with E-state index in [1.807, 2.05) is 18.2 Å². The third-order valence-corrected chi connectivity index (χ3v) is 4.13. The van der Waals surface area contributed by atoms with Crippen molar-refractivity contribution in [3.8, 4) is 11.8 Å². The molecular weight excluding hydrogens is 236 g/mol. The van der Waals surface area contributed by atoms with E-state index in [1.54, 1.807) is 7.11 Å². The highest BCUT2D eigenvalue weighted by molar-refractivity contribution is 5.60. The summed E-state index contributed by atoms with van der Waals surface area (Å²) in [5.41, 5.74) is 1.60. The number of ether oxygens (including phenoxy) is 1. The predicted octanol–water partition coefficient (Wildman–Crippen LogP) is 3.95. The normalized spacial score (nSPS) is 22.6. The molecule has 1 N–H and O–H groups in total. The quantitative estimate of drug-likeness (QED) is 0.889. The van der Waals surface area contributed by atoms with E-state index in [4.69, 9.17) is 10.00 Å². The fraction of sp³-hybridized carbons (Fsp3) is 0.562. The lowest BCUT2D eigenvalue weighted by molar-refractivity contribution is 0.330. The van der Waals surface area contributed by atoms with Crippen LogP contribution in [0.1, 0.15) is 44.6 Å². The van der Waals surface area contributed by atoms with E-state index in [1.165, 1.54) is 32.1 Å². The summed E-state index contributed by atoms with van der Waals surface area (Å²) in [5.74, 6) is 1.68. The van der Waals surface area contributed by atoms with Crippen LogP contribution in [0.4, 0.5) is 5.69 Å². The number of nitrogens with one attached hydrogen (secondary N) is 1. The third kappa shape index (κ3) is 3.41. The van der Waals surface area contributed by atoms with Crippen LogP contribution in [-0.2, 0) is 0 Å². The van der Waals surface area contributed by atoms with Crippen molar-refractivity contribution in [2.75, 3.05) is 12.4 Å². The summed E-state index contributed by atoms with van der Waals surface area (Å²) in [6.45, 7) is 2.27. The first kappa shape index (κ1) is 13.7. The van der Waals surface area contributed by atoms with Gasteiger partial charge in [0.15, 0.2) is 0 Å². The molecule has 0 heterocycles. The number of hydrogen-bond acceptors (Lipinski definition) is 3. The zero-order chi connectivity index (χ0) is 13.7. The van der Waals surface area contributed by atoms with E-state index >= 15 is 0 Å². The molecule has 2 rings (SSSR count). The molecular formula is C16H22N2O. The SMILES string of the molecule is CCC1CCC(Nc2cc(OC)ccc2C#N)CC1. The second kappa shape index (κ2) is 6.47. The number of benzene rings is 1. The van der Waals surface area contributed by atoms with E-state index in [0.29, 0.717) is 11.6 Å². The molecule has 0 bridgehead atoms. The molecule has 0 saturated heterocycles. The average Bonchev–Trinajstić information content (AvgIpc) is 2.48. The molecule has 102 valence electrons. The van der Waals surface area contributed by atoms with Gasteiger partial charge in [-0.2, -0.15) is 5.26 Å². The highest BCUT2D eigenvalue weighted by atomic mass is 16.5. The zero-order valence-electron chi connectivity index (χ0n) is 11.8. The molecule has 1 aliphatic rings. The molecule has 3 nitrogen and oxygen atoms in total. The van der Waals surface area contributed by atoms with Crippen molar-refractivity contribution >= 4 is 5.69 Å². The summed E-state index contributed by atoms with van der Waals surface area (Å²) in [4.78, 5) is 0. The Morgan fingerprint density at radius 1 is 1.32 bits per heavy atom. The molecule has 1 aliphatic carbocycles. The van der Waals surface area contributed by atoms with E-state index < -0.39 is 0 Å². The third-order valence-electron chi connectivity index (χ3n) is 4.13. The lowest BCUT2D eigenvalue weighted by Gasteiger charge is -2.29. The number of methoxy groups -OCH3 is 1. The molecule has 19 heavy (non-hydrogen) atoms. The maximum absolute atomic E-state index is 9.16. The van der Waals surface area contributed by atoms with Gasteiger partial charge in [0.05, 0.1) is 18.4 Å². The van der Waals surface area contributed by atoms with Crippen LogP contribution < -0.4 is 10.1 Å². The lowest BCUT2D eigenvalue weighted by atomic mass is 9.84. The fourth-order valence-corrected chi connectivity index (χ4v) is 2.80. The Hall–Kier alpha value is -1.69. The highest BCUT2D eigenvalue weighted by Gasteiger charge is 2.20. The molecule has 0 unspecified atom stereocenters. The Balaban J connectivity index is 2.04. The van der Waals surface area contributed by atoms with Crippen LogP contribution in [-0.4, -0.2) is 13.2 Å². The Labute approximate surface area is 115 Å². The molecule has 1 aromatic carbocycles. The monoisotopic (exact) mass is 258 g/mol. The first-order valence-corrected chi connectivity index (χ1v) is 7.11. The van der Waals surface area contributed by atoms with Gasteiger partial charge in [-0.05, 0) is 43.7 Å². The van der Waals surface area contributed by atoms with E-state index in [2.05, 4.69) is 18.3 Å². The molecule has 1 saturated carbocycles. The minimum atomic E-state index is 0.488. The number of nitriles is 1. The van der Waals surface area contributed by atoms with Crippen molar-refractivity contribution in [1.29, 1.82) is 5.26 Å². The summed E-state index contributed by atoms with van der Waals surface area (Å²) in [6.07, 6.45) is 6.26. The largest absolute Gasteiger partial charge is 0.497 e. The van der Waals surface area contributed by atoms with E-state index in [-0.39, 0.29) is 0 Å². The van der Waals surface area contributed by atoms with Crippen LogP contribution >= 0.6 is 0 Å². The van der Waals surface area contributed by atoms with Gasteiger partial charge in [0.25, 0.3) is 0 Å². The summed E-state index contributed by atoms with van der Waals surface area (Å²) in [7, 11) is 1.65. The topological polar surface area (TPSA) is 45.0 Å². The van der Waals surface area contributed by atoms with Gasteiger partial charge in [0.2, 0.25) is 0 Å². The van der Waals surface area contributed by atoms with Crippen molar-refractivity contribution in [2.24, 2.45) is 5.92 Å². The first-order chi connectivity index (χ1) is 9.26. The molecule has 0 atom stereocenters. The van der Waals surface area contributed by atoms with Crippen LogP contribution in [0.25, 0.3) is 0 Å². The van der Waals surface area contributed by atoms with Gasteiger partial charge in [0, 0.05) is 12.1 Å². The van der Waals surface area contributed by atoms with Gasteiger partial charge in [-0.1, -0.05) is 13.3 Å². The standard InChI is InChI=1S/C16H22N2O/c1-3-12-4-7-14(8-5-12)18-16-10-15(19-2)9-6-13(16)11-17/h6,9-10,12,14,18H,3-5,7-8H2,1-2H3. The second-order valence-electron chi connectivity index (χ2n) is 5.29. The van der Waals surface area contributed by atoms with Crippen LogP contribution in [0.3, 0.4) is 0 Å². The number of hydrogen-bond donors (Lipinski definition) is 1. The van der Waals surface area contributed by atoms with Crippen molar-refractivity contribution in [2.45, 2.75) is 45.1 Å². The number of rotatable bonds is 4. The lowest BCUT2D eigenvalue weighted by Crippen LogP contribution is -2.26. The molecule has 0 aliphatic heterocycles. The molecule has 1 aromatic rings. The van der Waals surface area contributed by atoms with Crippen LogP contribution in [0.2, 0.25) is 0 Å². The summed E-state index contributed by atoms with van der Waals surface area (Å²) in [6, 6.07) is 8.30. The highest BCUT2D eigenvalue weighted by Crippen LogP contribution is 2.30. The van der Waals surface area contributed by atoms with Gasteiger partial charge >= 0.3 is 0 Å². The van der Waals surface area contributed by atoms with Gasteiger partial charge in [-0.15, -0.1) is 0 Å². The molecule has 0 aromatic heterocycles. The van der Waals surface area contributed by atoms with Gasteiger partial charge in [0.1, 0.15) is 11.8 Å². The maximum Gasteiger partial charge on any atom is 0.121 e. The average molecular weight is 258 g/mol. The van der Waals surface area contributed by atoms with E-state index in [0.717, 1.165) is 17.4 Å². The maximum atomic E-state index is 9.16. The molecule has 0 radical (unpaired) electrons. The van der Waals surface area contributed by atoms with Gasteiger partial charge < -0.3 is 10.1 Å². The van der Waals surface area contributed by atoms with Gasteiger partial charge in [-0.25, -0.2) is 0 Å². The summed E-state index contributed by atoms with van der Waals surface area (Å²) in [5, 5.41) is 12.7. The van der Waals surface area contributed by atoms with Gasteiger partial charge in [-0.3, -0.25) is 0 Å². The molecule has 0 spiro atoms. The minimum Gasteiger partial charge on any atom is -0.497 e. The molecule has 1 fully saturated rings. The zero-order valence-corrected chi connectivity index (χ0v) is 11.8. The number of nitrogens with zero attached hydrogens (tertiary/aromatic N) is 1. The van der Waals surface area contributed by atoms with Crippen LogP contribution in [0, 0.1) is 17.2 Å². The van der Waals surface area contributed by atoms with Crippen molar-refractivity contribution in [3.05, 3.63) is 23.8 Å². The molecule has 0 amide bonds. The van der Waals surface area contributed by atoms with Crippen molar-refractivity contribution < 1.29 is 4.74 Å². The number of anilines is 1. The smallest absolute Gasteiger partial charge is 0.121 e. The Morgan fingerprint density at radius 3 is 2.63 bits per heavy atom. The Kier molecular flexibility index (Phi) is 4.68. The Bertz CT molecular complexity index is 456. The minimum absolute atomic E-state index is 0.488. The fourth-order valence-electron chi connectivity index (χ4n) is 2.80. The van der Waals surface area contributed by atoms with Crippen molar-refractivity contribution in [3.63, 3.8) is 0 Å². The summed E-state index contributed by atoms with van der Waals surface area (Å²) < 4.78 is 5.23. The Morgan fingerprint density at radius 2 is 2.05 bits per heavy atom. The first-order valence-electron chi connectivity index (χ1n) is 7.11. The van der Waals surface area contributed by atoms with E-state index in [9.17, 15) is 0 Å². The summed E-state index contributed by atoms with van der Waals surface area (Å²) >= 11 is 0. The van der Waals surface area contributed by atoms with Crippen LogP contribution in [0.5, 0.6) is 5.75 Å². The molecule has 3 heteroatoms.